The molecular formula is C12H11FN2. The second kappa shape index (κ2) is 4.17. The highest BCUT2D eigenvalue weighted by atomic mass is 19.1. The summed E-state index contributed by atoms with van der Waals surface area (Å²) in [5.74, 6) is -0.469. The predicted octanol–water partition coefficient (Wildman–Crippen LogP) is 2.85. The highest BCUT2D eigenvalue weighted by molar-refractivity contribution is 5.57. The van der Waals surface area contributed by atoms with Gasteiger partial charge in [0.15, 0.2) is 0 Å². The number of hydrogen-bond acceptors (Lipinski definition) is 2. The lowest BCUT2D eigenvalue weighted by atomic mass is 10.1. The van der Waals surface area contributed by atoms with E-state index in [4.69, 9.17) is 0 Å². The fraction of sp³-hybridized carbons (Fsp3) is 0.167. The first-order valence-electron chi connectivity index (χ1n) is 4.86. The molecule has 0 aliphatic carbocycles. The quantitative estimate of drug-likeness (QED) is 0.700. The third-order valence-electron chi connectivity index (χ3n) is 2.26. The predicted molar refractivity (Wildman–Crippen MR) is 56.8 cm³/mol. The third kappa shape index (κ3) is 2.18. The Morgan fingerprint density at radius 1 is 1.07 bits per heavy atom. The number of aryl methyl sites for hydroxylation is 1. The average molecular weight is 202 g/mol. The van der Waals surface area contributed by atoms with Crippen molar-refractivity contribution in [3.63, 3.8) is 0 Å². The summed E-state index contributed by atoms with van der Waals surface area (Å²) < 4.78 is 12.6. The van der Waals surface area contributed by atoms with Crippen molar-refractivity contribution in [1.29, 1.82) is 0 Å². The molecule has 0 atom stereocenters. The van der Waals surface area contributed by atoms with Gasteiger partial charge in [-0.05, 0) is 30.2 Å². The highest BCUT2D eigenvalue weighted by Crippen LogP contribution is 2.15. The van der Waals surface area contributed by atoms with Crippen molar-refractivity contribution in [1.82, 2.24) is 9.97 Å². The van der Waals surface area contributed by atoms with Crippen LogP contribution in [0.4, 0.5) is 4.39 Å². The Kier molecular flexibility index (Phi) is 2.72. The van der Waals surface area contributed by atoms with Crippen LogP contribution in [0.15, 0.2) is 36.7 Å². The van der Waals surface area contributed by atoms with Crippen LogP contribution in [0.3, 0.4) is 0 Å². The molecule has 0 spiro atoms. The zero-order valence-corrected chi connectivity index (χ0v) is 8.44. The van der Waals surface area contributed by atoms with Gasteiger partial charge in [0.05, 0.1) is 5.69 Å². The summed E-state index contributed by atoms with van der Waals surface area (Å²) in [6.45, 7) is 2.08. The van der Waals surface area contributed by atoms with Crippen molar-refractivity contribution >= 4 is 0 Å². The maximum atomic E-state index is 12.6. The van der Waals surface area contributed by atoms with Crippen LogP contribution >= 0.6 is 0 Å². The van der Waals surface area contributed by atoms with E-state index in [-0.39, 0.29) is 0 Å². The second-order valence-electron chi connectivity index (χ2n) is 3.27. The molecule has 0 aliphatic heterocycles. The van der Waals surface area contributed by atoms with Gasteiger partial charge in [-0.25, -0.2) is 4.98 Å². The summed E-state index contributed by atoms with van der Waals surface area (Å²) in [6.07, 6.45) is 4.29. The molecule has 0 fully saturated rings. The summed E-state index contributed by atoms with van der Waals surface area (Å²) in [5, 5.41) is 0. The van der Waals surface area contributed by atoms with Crippen LogP contribution in [0.5, 0.6) is 0 Å². The number of hydrogen-bond donors (Lipinski definition) is 0. The van der Waals surface area contributed by atoms with Gasteiger partial charge in [-0.15, -0.1) is 0 Å². The zero-order chi connectivity index (χ0) is 10.7. The van der Waals surface area contributed by atoms with E-state index in [1.165, 1.54) is 17.8 Å². The van der Waals surface area contributed by atoms with Crippen LogP contribution in [0, 0.1) is 5.95 Å². The van der Waals surface area contributed by atoms with E-state index in [0.717, 1.165) is 17.7 Å². The molecule has 15 heavy (non-hydrogen) atoms. The van der Waals surface area contributed by atoms with E-state index >= 15 is 0 Å². The minimum atomic E-state index is -0.469. The molecule has 2 aromatic heterocycles. The highest BCUT2D eigenvalue weighted by Gasteiger charge is 1.99. The Morgan fingerprint density at radius 2 is 1.93 bits per heavy atom. The Balaban J connectivity index is 2.33. The molecule has 0 N–H and O–H groups in total. The minimum Gasteiger partial charge on any atom is -0.256 e. The van der Waals surface area contributed by atoms with Crippen LogP contribution in [-0.2, 0) is 6.42 Å². The summed E-state index contributed by atoms with van der Waals surface area (Å²) in [4.78, 5) is 7.88. The van der Waals surface area contributed by atoms with Gasteiger partial charge >= 0.3 is 0 Å². The van der Waals surface area contributed by atoms with Crippen LogP contribution in [0.2, 0.25) is 0 Å². The SMILES string of the molecule is CCc1ccc(-c2ccc(F)nc2)nc1. The van der Waals surface area contributed by atoms with Crippen molar-refractivity contribution in [3.05, 3.63) is 48.2 Å². The Labute approximate surface area is 87.8 Å². The van der Waals surface area contributed by atoms with Crippen molar-refractivity contribution in [2.75, 3.05) is 0 Å². The molecular weight excluding hydrogens is 191 g/mol. The monoisotopic (exact) mass is 202 g/mol. The molecule has 0 aromatic carbocycles. The average Bonchev–Trinajstić information content (AvgIpc) is 2.30. The topological polar surface area (TPSA) is 25.8 Å². The number of halogens is 1. The van der Waals surface area contributed by atoms with E-state index in [9.17, 15) is 4.39 Å². The molecule has 3 heteroatoms. The molecule has 2 nitrogen and oxygen atoms in total. The number of nitrogens with zero attached hydrogens (tertiary/aromatic N) is 2. The molecule has 0 radical (unpaired) electrons. The van der Waals surface area contributed by atoms with E-state index in [1.54, 1.807) is 6.07 Å². The van der Waals surface area contributed by atoms with Gasteiger partial charge in [0.25, 0.3) is 0 Å². The Morgan fingerprint density at radius 3 is 2.47 bits per heavy atom. The number of pyridine rings is 2. The maximum absolute atomic E-state index is 12.6. The van der Waals surface area contributed by atoms with Crippen molar-refractivity contribution < 1.29 is 4.39 Å². The smallest absolute Gasteiger partial charge is 0.212 e. The lowest BCUT2D eigenvalue weighted by molar-refractivity contribution is 0.584. The van der Waals surface area contributed by atoms with Crippen LogP contribution in [0.25, 0.3) is 11.3 Å². The first kappa shape index (κ1) is 9.77. The second-order valence-corrected chi connectivity index (χ2v) is 3.27. The summed E-state index contributed by atoms with van der Waals surface area (Å²) in [5.41, 5.74) is 2.84. The molecule has 0 unspecified atom stereocenters. The van der Waals surface area contributed by atoms with Crippen molar-refractivity contribution in [2.24, 2.45) is 0 Å². The first-order chi connectivity index (χ1) is 7.29. The van der Waals surface area contributed by atoms with E-state index in [0.29, 0.717) is 0 Å². The fourth-order valence-electron chi connectivity index (χ4n) is 1.33. The number of rotatable bonds is 2. The van der Waals surface area contributed by atoms with Crippen LogP contribution < -0.4 is 0 Å². The van der Waals surface area contributed by atoms with Crippen LogP contribution in [0.1, 0.15) is 12.5 Å². The zero-order valence-electron chi connectivity index (χ0n) is 8.44. The number of aromatic nitrogens is 2. The standard InChI is InChI=1S/C12H11FN2/c1-2-9-3-5-11(14-7-9)10-4-6-12(13)15-8-10/h3-8H,2H2,1H3. The van der Waals surface area contributed by atoms with Gasteiger partial charge in [-0.1, -0.05) is 13.0 Å². The minimum absolute atomic E-state index is 0.469. The molecule has 0 aliphatic rings. The molecule has 2 rings (SSSR count). The largest absolute Gasteiger partial charge is 0.256 e. The van der Waals surface area contributed by atoms with Gasteiger partial charge in [-0.3, -0.25) is 4.98 Å². The molecule has 0 saturated heterocycles. The first-order valence-corrected chi connectivity index (χ1v) is 4.86. The molecule has 0 bridgehead atoms. The third-order valence-corrected chi connectivity index (χ3v) is 2.26. The van der Waals surface area contributed by atoms with Crippen LogP contribution in [-0.4, -0.2) is 9.97 Å². The molecule has 0 saturated carbocycles. The Bertz CT molecular complexity index is 434. The van der Waals surface area contributed by atoms with Crippen molar-refractivity contribution in [2.45, 2.75) is 13.3 Å². The van der Waals surface area contributed by atoms with Gasteiger partial charge in [0.1, 0.15) is 0 Å². The fourth-order valence-corrected chi connectivity index (χ4v) is 1.33. The van der Waals surface area contributed by atoms with E-state index in [2.05, 4.69) is 16.9 Å². The maximum Gasteiger partial charge on any atom is 0.212 e. The van der Waals surface area contributed by atoms with E-state index in [1.807, 2.05) is 18.3 Å². The van der Waals surface area contributed by atoms with E-state index < -0.39 is 5.95 Å². The molecule has 2 heterocycles. The normalized spacial score (nSPS) is 10.3. The molecule has 0 amide bonds. The molecule has 2 aromatic rings. The van der Waals surface area contributed by atoms with Gasteiger partial charge in [0.2, 0.25) is 5.95 Å². The van der Waals surface area contributed by atoms with Crippen molar-refractivity contribution in [3.8, 4) is 11.3 Å². The van der Waals surface area contributed by atoms with Gasteiger partial charge < -0.3 is 0 Å². The van der Waals surface area contributed by atoms with Gasteiger partial charge in [-0.2, -0.15) is 4.39 Å². The summed E-state index contributed by atoms with van der Waals surface area (Å²) in [6, 6.07) is 6.96. The Hall–Kier alpha value is -1.77. The lowest BCUT2D eigenvalue weighted by Gasteiger charge is -2.01. The molecule has 76 valence electrons. The summed E-state index contributed by atoms with van der Waals surface area (Å²) >= 11 is 0. The van der Waals surface area contributed by atoms with Gasteiger partial charge in [0, 0.05) is 18.0 Å². The summed E-state index contributed by atoms with van der Waals surface area (Å²) in [7, 11) is 0. The lowest BCUT2D eigenvalue weighted by Crippen LogP contribution is -1.88.